The van der Waals surface area contributed by atoms with Crippen LogP contribution in [0.1, 0.15) is 60.3 Å². The van der Waals surface area contributed by atoms with Crippen LogP contribution in [-0.2, 0) is 27.6 Å². The molecule has 0 saturated carbocycles. The van der Waals surface area contributed by atoms with Gasteiger partial charge in [0.1, 0.15) is 5.76 Å². The number of rotatable bonds is 4. The van der Waals surface area contributed by atoms with Crippen molar-refractivity contribution >= 4 is 15.9 Å². The molecule has 2 heterocycles. The van der Waals surface area contributed by atoms with Gasteiger partial charge in [-0.15, -0.1) is 0 Å². The molecule has 1 aromatic rings. The molecule has 23 heavy (non-hydrogen) atoms. The van der Waals surface area contributed by atoms with Gasteiger partial charge in [0.2, 0.25) is 10.0 Å². The van der Waals surface area contributed by atoms with E-state index in [2.05, 4.69) is 9.88 Å². The number of nitrogens with zero attached hydrogens (tertiary/aromatic N) is 1. The predicted octanol–water partition coefficient (Wildman–Crippen LogP) is 1.57. The number of sulfonamides is 1. The van der Waals surface area contributed by atoms with Crippen LogP contribution in [0.5, 0.6) is 0 Å². The van der Waals surface area contributed by atoms with Gasteiger partial charge in [0.15, 0.2) is 5.69 Å². The van der Waals surface area contributed by atoms with E-state index in [1.54, 1.807) is 0 Å². The zero-order chi connectivity index (χ0) is 16.3. The molecule has 1 aliphatic carbocycles. The third kappa shape index (κ3) is 4.11. The van der Waals surface area contributed by atoms with Crippen LogP contribution in [0.25, 0.3) is 0 Å². The zero-order valence-electron chi connectivity index (χ0n) is 13.0. The van der Waals surface area contributed by atoms with E-state index >= 15 is 0 Å². The number of aryl methyl sites for hydroxylation is 1. The Morgan fingerprint density at radius 2 is 2.00 bits per heavy atom. The Kier molecular flexibility index (Phi) is 5.01. The van der Waals surface area contributed by atoms with Gasteiger partial charge in [-0.1, -0.05) is 11.6 Å². The summed E-state index contributed by atoms with van der Waals surface area (Å²) < 4.78 is 37.1. The van der Waals surface area contributed by atoms with Gasteiger partial charge >= 0.3 is 0 Å². The van der Waals surface area contributed by atoms with E-state index in [-0.39, 0.29) is 17.6 Å². The number of aromatic nitrogens is 1. The molecule has 8 heteroatoms. The molecule has 1 N–H and O–H groups in total. The maximum absolute atomic E-state index is 12.3. The molecule has 0 spiro atoms. The monoisotopic (exact) mass is 342 g/mol. The van der Waals surface area contributed by atoms with Crippen LogP contribution in [0, 0.1) is 0 Å². The van der Waals surface area contributed by atoms with Crippen molar-refractivity contribution in [1.82, 2.24) is 9.88 Å². The van der Waals surface area contributed by atoms with Gasteiger partial charge in [-0.05, 0) is 38.5 Å². The molecule has 0 bridgehead atoms. The summed E-state index contributed by atoms with van der Waals surface area (Å²) in [5.74, 6) is -0.188. The summed E-state index contributed by atoms with van der Waals surface area (Å²) in [4.78, 5) is 12.3. The normalized spacial score (nSPS) is 22.2. The van der Waals surface area contributed by atoms with Crippen molar-refractivity contribution in [2.24, 2.45) is 0 Å². The Labute approximate surface area is 135 Å². The molecule has 1 atom stereocenters. The van der Waals surface area contributed by atoms with Crippen LogP contribution in [-0.4, -0.2) is 37.9 Å². The third-order valence-corrected chi connectivity index (χ3v) is 5.65. The highest BCUT2D eigenvalue weighted by atomic mass is 32.2. The van der Waals surface area contributed by atoms with Gasteiger partial charge in [0.05, 0.1) is 11.9 Å². The number of fused-ring (bicyclic) bond motifs is 1. The number of nitrogens with one attached hydrogen (secondary N) is 1. The van der Waals surface area contributed by atoms with Gasteiger partial charge in [-0.3, -0.25) is 4.79 Å². The Balaban J connectivity index is 1.67. The minimum Gasteiger partial charge on any atom is -0.377 e. The molecular formula is C15H22N2O5S. The van der Waals surface area contributed by atoms with E-state index in [0.29, 0.717) is 25.2 Å². The van der Waals surface area contributed by atoms with E-state index in [1.807, 2.05) is 0 Å². The highest BCUT2D eigenvalue weighted by Gasteiger charge is 2.28. The maximum atomic E-state index is 12.3. The highest BCUT2D eigenvalue weighted by molar-refractivity contribution is 7.90. The summed E-state index contributed by atoms with van der Waals surface area (Å²) in [7, 11) is -3.75. The molecular weight excluding hydrogens is 320 g/mol. The fourth-order valence-corrected chi connectivity index (χ4v) is 4.37. The first kappa shape index (κ1) is 16.4. The summed E-state index contributed by atoms with van der Waals surface area (Å²) in [5, 5.41) is 3.79. The molecule has 0 radical (unpaired) electrons. The second-order valence-corrected chi connectivity index (χ2v) is 7.96. The molecule has 2 aliphatic rings. The molecule has 1 amide bonds. The van der Waals surface area contributed by atoms with Gasteiger partial charge in [0.25, 0.3) is 5.91 Å². The molecule has 7 nitrogen and oxygen atoms in total. The summed E-state index contributed by atoms with van der Waals surface area (Å²) in [6, 6.07) is 0. The topological polar surface area (TPSA) is 98.5 Å². The second-order valence-electron chi connectivity index (χ2n) is 6.19. The Hall–Kier alpha value is -1.41. The van der Waals surface area contributed by atoms with Crippen LogP contribution >= 0.6 is 0 Å². The van der Waals surface area contributed by atoms with Crippen molar-refractivity contribution < 1.29 is 22.5 Å². The summed E-state index contributed by atoms with van der Waals surface area (Å²) in [5.41, 5.74) is 0.860. The minimum atomic E-state index is -3.75. The number of hydrogen-bond acceptors (Lipinski definition) is 6. The van der Waals surface area contributed by atoms with Gasteiger partial charge in [0, 0.05) is 18.6 Å². The average molecular weight is 342 g/mol. The first-order valence-electron chi connectivity index (χ1n) is 8.19. The molecule has 1 saturated heterocycles. The standard InChI is InChI=1S/C15H22N2O5S/c18-15(14-12-7-2-1-3-8-13(12)22-16-14)17-23(19,20)10-11-6-4-5-9-21-11/h11H,1-10H2,(H,17,18)/t11-/m1/s1. The van der Waals surface area contributed by atoms with Crippen LogP contribution in [0.4, 0.5) is 0 Å². The van der Waals surface area contributed by atoms with E-state index in [1.165, 1.54) is 0 Å². The zero-order valence-corrected chi connectivity index (χ0v) is 13.9. The highest BCUT2D eigenvalue weighted by Crippen LogP contribution is 2.23. The Bertz CT molecular complexity index is 661. The van der Waals surface area contributed by atoms with E-state index < -0.39 is 15.9 Å². The summed E-state index contributed by atoms with van der Waals surface area (Å²) in [6.07, 6.45) is 6.74. The van der Waals surface area contributed by atoms with Gasteiger partial charge < -0.3 is 9.26 Å². The second kappa shape index (κ2) is 7.00. The number of carbonyl (C=O) groups is 1. The van der Waals surface area contributed by atoms with Gasteiger partial charge in [-0.2, -0.15) is 0 Å². The number of carbonyl (C=O) groups excluding carboxylic acids is 1. The summed E-state index contributed by atoms with van der Waals surface area (Å²) in [6.45, 7) is 0.574. The van der Waals surface area contributed by atoms with Crippen LogP contribution in [0.2, 0.25) is 0 Å². The first-order chi connectivity index (χ1) is 11.1. The fraction of sp³-hybridized carbons (Fsp3) is 0.733. The van der Waals surface area contributed by atoms with E-state index in [4.69, 9.17) is 9.26 Å². The van der Waals surface area contributed by atoms with Crippen LogP contribution in [0.3, 0.4) is 0 Å². The smallest absolute Gasteiger partial charge is 0.287 e. The fourth-order valence-electron chi connectivity index (χ4n) is 3.15. The van der Waals surface area contributed by atoms with E-state index in [9.17, 15) is 13.2 Å². The van der Waals surface area contributed by atoms with Crippen LogP contribution in [0.15, 0.2) is 4.52 Å². The van der Waals surface area contributed by atoms with Crippen molar-refractivity contribution in [3.8, 4) is 0 Å². The predicted molar refractivity (Wildman–Crippen MR) is 82.6 cm³/mol. The van der Waals surface area contributed by atoms with Gasteiger partial charge in [-0.25, -0.2) is 13.1 Å². The minimum absolute atomic E-state index is 0.107. The molecule has 1 fully saturated rings. The molecule has 3 rings (SSSR count). The quantitative estimate of drug-likeness (QED) is 0.834. The lowest BCUT2D eigenvalue weighted by atomic mass is 10.1. The molecule has 1 aromatic heterocycles. The lowest BCUT2D eigenvalue weighted by molar-refractivity contribution is 0.0304. The molecule has 0 aromatic carbocycles. The van der Waals surface area contributed by atoms with Crippen molar-refractivity contribution in [2.75, 3.05) is 12.4 Å². The van der Waals surface area contributed by atoms with Crippen molar-refractivity contribution in [3.05, 3.63) is 17.0 Å². The van der Waals surface area contributed by atoms with E-state index in [0.717, 1.165) is 44.1 Å². The number of ether oxygens (including phenoxy) is 1. The largest absolute Gasteiger partial charge is 0.377 e. The van der Waals surface area contributed by atoms with Crippen LogP contribution < -0.4 is 4.72 Å². The lowest BCUT2D eigenvalue weighted by Gasteiger charge is -2.22. The Morgan fingerprint density at radius 3 is 2.78 bits per heavy atom. The van der Waals surface area contributed by atoms with Crippen molar-refractivity contribution in [1.29, 1.82) is 0 Å². The third-order valence-electron chi connectivity index (χ3n) is 4.34. The number of hydrogen-bond donors (Lipinski definition) is 1. The van der Waals surface area contributed by atoms with Crippen molar-refractivity contribution in [3.63, 3.8) is 0 Å². The maximum Gasteiger partial charge on any atom is 0.287 e. The van der Waals surface area contributed by atoms with Crippen molar-refractivity contribution in [2.45, 2.75) is 57.5 Å². The average Bonchev–Trinajstić information content (AvgIpc) is 2.76. The molecule has 128 valence electrons. The summed E-state index contributed by atoms with van der Waals surface area (Å²) >= 11 is 0. The first-order valence-corrected chi connectivity index (χ1v) is 9.84. The Morgan fingerprint density at radius 1 is 1.17 bits per heavy atom. The lowest BCUT2D eigenvalue weighted by Crippen LogP contribution is -2.38. The molecule has 1 aliphatic heterocycles. The molecule has 0 unspecified atom stereocenters. The SMILES string of the molecule is O=C(NS(=O)(=O)C[C@H]1CCCCO1)c1noc2c1CCCCC2. The number of amides is 1.